The molecule has 2 rings (SSSR count). The summed E-state index contributed by atoms with van der Waals surface area (Å²) >= 11 is 3.38. The van der Waals surface area contributed by atoms with Crippen LogP contribution >= 0.6 is 15.9 Å². The van der Waals surface area contributed by atoms with Crippen LogP contribution in [0.1, 0.15) is 23.0 Å². The largest absolute Gasteiger partial charge is 0.343 e. The molecule has 0 fully saturated rings. The fraction of sp³-hybridized carbons (Fsp3) is 0.231. The van der Waals surface area contributed by atoms with E-state index >= 15 is 0 Å². The van der Waals surface area contributed by atoms with E-state index in [1.165, 1.54) is 0 Å². The Hall–Kier alpha value is -1.62. The fourth-order valence-corrected chi connectivity index (χ4v) is 2.17. The first-order valence-corrected chi connectivity index (χ1v) is 6.48. The molecule has 2 aromatic heterocycles. The molecule has 18 heavy (non-hydrogen) atoms. The average molecular weight is 308 g/mol. The van der Waals surface area contributed by atoms with Crippen molar-refractivity contribution in [1.82, 2.24) is 9.55 Å². The van der Waals surface area contributed by atoms with Crippen LogP contribution in [-0.2, 0) is 6.54 Å². The van der Waals surface area contributed by atoms with Gasteiger partial charge in [-0.2, -0.15) is 0 Å². The zero-order valence-electron chi connectivity index (χ0n) is 10.3. The Morgan fingerprint density at radius 2 is 2.33 bits per heavy atom. The molecule has 1 N–H and O–H groups in total. The third-order valence-electron chi connectivity index (χ3n) is 2.72. The van der Waals surface area contributed by atoms with E-state index in [4.69, 9.17) is 0 Å². The van der Waals surface area contributed by atoms with Gasteiger partial charge in [-0.1, -0.05) is 0 Å². The van der Waals surface area contributed by atoms with Crippen LogP contribution in [0.4, 0.5) is 5.69 Å². The molecule has 0 aliphatic heterocycles. The number of rotatable bonds is 3. The highest BCUT2D eigenvalue weighted by molar-refractivity contribution is 9.10. The lowest BCUT2D eigenvalue weighted by Gasteiger charge is -2.09. The van der Waals surface area contributed by atoms with Crippen LogP contribution in [0.5, 0.6) is 0 Å². The van der Waals surface area contributed by atoms with Crippen molar-refractivity contribution < 1.29 is 4.79 Å². The second-order valence-corrected chi connectivity index (χ2v) is 4.89. The van der Waals surface area contributed by atoms with Gasteiger partial charge < -0.3 is 9.88 Å². The van der Waals surface area contributed by atoms with Crippen molar-refractivity contribution in [2.24, 2.45) is 0 Å². The van der Waals surface area contributed by atoms with Gasteiger partial charge in [0.2, 0.25) is 0 Å². The number of nitrogens with one attached hydrogen (secondary N) is 1. The topological polar surface area (TPSA) is 46.9 Å². The normalized spacial score (nSPS) is 10.4. The lowest BCUT2D eigenvalue weighted by atomic mass is 10.2. The van der Waals surface area contributed by atoms with Crippen molar-refractivity contribution in [2.75, 3.05) is 5.32 Å². The number of aryl methyl sites for hydroxylation is 2. The Kier molecular flexibility index (Phi) is 3.81. The molecule has 0 saturated carbocycles. The first-order valence-electron chi connectivity index (χ1n) is 5.69. The van der Waals surface area contributed by atoms with E-state index in [-0.39, 0.29) is 5.91 Å². The lowest BCUT2D eigenvalue weighted by molar-refractivity contribution is 0.101. The van der Waals surface area contributed by atoms with E-state index in [9.17, 15) is 4.79 Å². The molecule has 1 amide bonds. The van der Waals surface area contributed by atoms with E-state index in [0.717, 1.165) is 22.3 Å². The van der Waals surface area contributed by atoms with Crippen LogP contribution in [0.15, 0.2) is 35.2 Å². The van der Waals surface area contributed by atoms with Crippen molar-refractivity contribution in [3.63, 3.8) is 0 Å². The maximum Gasteiger partial charge on any atom is 0.272 e. The van der Waals surface area contributed by atoms with Crippen LogP contribution in [0.2, 0.25) is 0 Å². The summed E-state index contributed by atoms with van der Waals surface area (Å²) in [7, 11) is 0. The predicted molar refractivity (Wildman–Crippen MR) is 74.7 cm³/mol. The highest BCUT2D eigenvalue weighted by Crippen LogP contribution is 2.18. The Bertz CT molecular complexity index is 577. The number of amides is 1. The van der Waals surface area contributed by atoms with Gasteiger partial charge in [0.05, 0.1) is 11.9 Å². The number of hydrogen-bond donors (Lipinski definition) is 1. The van der Waals surface area contributed by atoms with Crippen LogP contribution in [0.3, 0.4) is 0 Å². The molecule has 4 nitrogen and oxygen atoms in total. The van der Waals surface area contributed by atoms with E-state index in [2.05, 4.69) is 26.2 Å². The Morgan fingerprint density at radius 3 is 3.00 bits per heavy atom. The second kappa shape index (κ2) is 5.35. The summed E-state index contributed by atoms with van der Waals surface area (Å²) in [5, 5.41) is 2.87. The molecule has 94 valence electrons. The van der Waals surface area contributed by atoms with E-state index < -0.39 is 0 Å². The van der Waals surface area contributed by atoms with Crippen molar-refractivity contribution in [1.29, 1.82) is 0 Å². The number of carbonyl (C=O) groups is 1. The molecule has 5 heteroatoms. The Balaban J connectivity index is 2.25. The van der Waals surface area contributed by atoms with E-state index in [0.29, 0.717) is 5.69 Å². The molecule has 2 heterocycles. The van der Waals surface area contributed by atoms with E-state index in [1.54, 1.807) is 12.4 Å². The smallest absolute Gasteiger partial charge is 0.272 e. The van der Waals surface area contributed by atoms with Crippen molar-refractivity contribution in [3.05, 3.63) is 46.5 Å². The van der Waals surface area contributed by atoms with Gasteiger partial charge in [-0.3, -0.25) is 9.78 Å². The maximum atomic E-state index is 12.2. The van der Waals surface area contributed by atoms with Crippen LogP contribution in [0, 0.1) is 6.92 Å². The third-order valence-corrected chi connectivity index (χ3v) is 3.16. The molecule has 0 aliphatic rings. The molecule has 0 atom stereocenters. The maximum absolute atomic E-state index is 12.2. The summed E-state index contributed by atoms with van der Waals surface area (Å²) < 4.78 is 2.79. The van der Waals surface area contributed by atoms with Crippen LogP contribution < -0.4 is 5.32 Å². The summed E-state index contributed by atoms with van der Waals surface area (Å²) in [6.45, 7) is 4.69. The Labute approximate surface area is 114 Å². The number of anilines is 1. The fourth-order valence-electron chi connectivity index (χ4n) is 1.71. The number of halogens is 1. The van der Waals surface area contributed by atoms with E-state index in [1.807, 2.05) is 36.7 Å². The first kappa shape index (κ1) is 12.8. The number of aromatic nitrogens is 2. The molecule has 2 aromatic rings. The summed E-state index contributed by atoms with van der Waals surface area (Å²) in [5.74, 6) is -0.126. The van der Waals surface area contributed by atoms with Gasteiger partial charge in [-0.05, 0) is 47.5 Å². The highest BCUT2D eigenvalue weighted by Gasteiger charge is 2.13. The minimum Gasteiger partial charge on any atom is -0.343 e. The van der Waals surface area contributed by atoms with Gasteiger partial charge in [0.25, 0.3) is 5.91 Å². The highest BCUT2D eigenvalue weighted by atomic mass is 79.9. The summed E-state index contributed by atoms with van der Waals surface area (Å²) in [6.07, 6.45) is 5.25. The van der Waals surface area contributed by atoms with Gasteiger partial charge in [-0.15, -0.1) is 0 Å². The minimum atomic E-state index is -0.126. The molecule has 0 bridgehead atoms. The molecule has 0 radical (unpaired) electrons. The molecule has 0 aromatic carbocycles. The summed E-state index contributed by atoms with van der Waals surface area (Å²) in [5.41, 5.74) is 2.36. The van der Waals surface area contributed by atoms with Crippen molar-refractivity contribution in [3.8, 4) is 0 Å². The first-order chi connectivity index (χ1) is 8.61. The van der Waals surface area contributed by atoms with Gasteiger partial charge in [0.1, 0.15) is 5.69 Å². The minimum absolute atomic E-state index is 0.126. The molecule has 0 spiro atoms. The quantitative estimate of drug-likeness (QED) is 0.946. The monoisotopic (exact) mass is 307 g/mol. The Morgan fingerprint density at radius 1 is 1.56 bits per heavy atom. The summed E-state index contributed by atoms with van der Waals surface area (Å²) in [4.78, 5) is 16.2. The van der Waals surface area contributed by atoms with Gasteiger partial charge in [0, 0.05) is 23.4 Å². The third kappa shape index (κ3) is 2.61. The zero-order chi connectivity index (χ0) is 13.1. The van der Waals surface area contributed by atoms with Crippen molar-refractivity contribution >= 4 is 27.5 Å². The number of nitrogens with zero attached hydrogens (tertiary/aromatic N) is 2. The average Bonchev–Trinajstić information content (AvgIpc) is 2.73. The molecular formula is C13H14BrN3O. The zero-order valence-corrected chi connectivity index (χ0v) is 11.9. The molecule has 0 unspecified atom stereocenters. The SMILES string of the molecule is CCn1cc(Br)cc1C(=O)Nc1cnccc1C. The summed E-state index contributed by atoms with van der Waals surface area (Å²) in [6, 6.07) is 3.68. The molecule has 0 aliphatic carbocycles. The number of hydrogen-bond acceptors (Lipinski definition) is 2. The van der Waals surface area contributed by atoms with Gasteiger partial charge in [-0.25, -0.2) is 0 Å². The number of pyridine rings is 1. The van der Waals surface area contributed by atoms with Crippen molar-refractivity contribution in [2.45, 2.75) is 20.4 Å². The molecular weight excluding hydrogens is 294 g/mol. The van der Waals surface area contributed by atoms with Crippen LogP contribution in [0.25, 0.3) is 0 Å². The lowest BCUT2D eigenvalue weighted by Crippen LogP contribution is -2.17. The number of carbonyl (C=O) groups excluding carboxylic acids is 1. The second-order valence-electron chi connectivity index (χ2n) is 3.97. The molecule has 0 saturated heterocycles. The standard InChI is InChI=1S/C13H14BrN3O/c1-3-17-8-10(14)6-12(17)13(18)16-11-7-15-5-4-9(11)2/h4-8H,3H2,1-2H3,(H,16,18). The van der Waals surface area contributed by atoms with Gasteiger partial charge in [0.15, 0.2) is 0 Å². The predicted octanol–water partition coefficient (Wildman–Crippen LogP) is 3.23. The van der Waals surface area contributed by atoms with Crippen LogP contribution in [-0.4, -0.2) is 15.5 Å². The van der Waals surface area contributed by atoms with Gasteiger partial charge >= 0.3 is 0 Å².